The molecule has 1 aliphatic heterocycles. The first-order chi connectivity index (χ1) is 16.0. The zero-order valence-corrected chi connectivity index (χ0v) is 18.5. The van der Waals surface area contributed by atoms with Gasteiger partial charge in [-0.2, -0.15) is 0 Å². The van der Waals surface area contributed by atoms with Gasteiger partial charge in [0, 0.05) is 31.7 Å². The number of furan rings is 1. The van der Waals surface area contributed by atoms with E-state index in [0.29, 0.717) is 54.7 Å². The summed E-state index contributed by atoms with van der Waals surface area (Å²) >= 11 is 0. The van der Waals surface area contributed by atoms with Gasteiger partial charge in [0.25, 0.3) is 5.91 Å². The number of rotatable bonds is 7. The normalized spacial score (nSPS) is 13.7. The summed E-state index contributed by atoms with van der Waals surface area (Å²) in [6, 6.07) is 15.1. The van der Waals surface area contributed by atoms with Gasteiger partial charge in [0.2, 0.25) is 0 Å². The molecule has 172 valence electrons. The minimum absolute atomic E-state index is 0.164. The van der Waals surface area contributed by atoms with Crippen LogP contribution < -0.4 is 14.4 Å². The number of nitrogens with zero attached hydrogens (tertiary/aromatic N) is 2. The van der Waals surface area contributed by atoms with Crippen molar-refractivity contribution < 1.29 is 27.9 Å². The molecular weight excluding hydrogens is 427 g/mol. The molecule has 0 atom stereocenters. The topological polar surface area (TPSA) is 72.2 Å². The summed E-state index contributed by atoms with van der Waals surface area (Å²) in [7, 11) is 1.57. The summed E-state index contributed by atoms with van der Waals surface area (Å²) in [6.07, 6.45) is 0. The van der Waals surface area contributed by atoms with Crippen LogP contribution in [0.25, 0.3) is 0 Å². The number of carbonyl (C=O) groups is 2. The number of Topliss-reactive ketones (excluding diaryl/α,β-unsaturated/α-hetero) is 1. The first-order valence-corrected chi connectivity index (χ1v) is 10.7. The predicted molar refractivity (Wildman–Crippen MR) is 121 cm³/mol. The van der Waals surface area contributed by atoms with Gasteiger partial charge in [0.05, 0.1) is 12.8 Å². The predicted octanol–water partition coefficient (Wildman–Crippen LogP) is 4.17. The quantitative estimate of drug-likeness (QED) is 0.501. The third-order valence-corrected chi connectivity index (χ3v) is 5.57. The molecule has 7 nitrogen and oxygen atoms in total. The number of piperazine rings is 1. The number of hydrogen-bond acceptors (Lipinski definition) is 6. The summed E-state index contributed by atoms with van der Waals surface area (Å²) < 4.78 is 31.2. The molecule has 0 saturated carbocycles. The summed E-state index contributed by atoms with van der Waals surface area (Å²) in [6.45, 7) is 3.39. The second-order valence-corrected chi connectivity index (χ2v) is 7.71. The van der Waals surface area contributed by atoms with Crippen LogP contribution in [-0.4, -0.2) is 49.9 Å². The molecule has 1 aromatic heterocycles. The molecule has 0 aliphatic carbocycles. The van der Waals surface area contributed by atoms with Crippen LogP contribution >= 0.6 is 0 Å². The van der Waals surface area contributed by atoms with E-state index < -0.39 is 5.82 Å². The van der Waals surface area contributed by atoms with Crippen LogP contribution in [0.1, 0.15) is 33.6 Å². The Morgan fingerprint density at radius 1 is 1.00 bits per heavy atom. The summed E-state index contributed by atoms with van der Waals surface area (Å²) in [5, 5.41) is 0. The van der Waals surface area contributed by atoms with Gasteiger partial charge in [-0.25, -0.2) is 4.39 Å². The van der Waals surface area contributed by atoms with Crippen molar-refractivity contribution in [3.8, 4) is 11.5 Å². The zero-order chi connectivity index (χ0) is 23.4. The van der Waals surface area contributed by atoms with Crippen molar-refractivity contribution in [1.82, 2.24) is 4.90 Å². The Bertz CT molecular complexity index is 1150. The second kappa shape index (κ2) is 9.77. The van der Waals surface area contributed by atoms with Gasteiger partial charge >= 0.3 is 0 Å². The highest BCUT2D eigenvalue weighted by Gasteiger charge is 2.26. The Balaban J connectivity index is 1.34. The van der Waals surface area contributed by atoms with Crippen molar-refractivity contribution in [2.45, 2.75) is 13.5 Å². The first-order valence-electron chi connectivity index (χ1n) is 10.7. The number of carbonyl (C=O) groups excluding carboxylic acids is 2. The van der Waals surface area contributed by atoms with Crippen molar-refractivity contribution in [2.75, 3.05) is 38.2 Å². The fourth-order valence-corrected chi connectivity index (χ4v) is 3.75. The van der Waals surface area contributed by atoms with Crippen molar-refractivity contribution in [1.29, 1.82) is 0 Å². The van der Waals surface area contributed by atoms with Crippen molar-refractivity contribution in [2.24, 2.45) is 0 Å². The summed E-state index contributed by atoms with van der Waals surface area (Å²) in [5.41, 5.74) is 0.772. The van der Waals surface area contributed by atoms with Gasteiger partial charge in [-0.15, -0.1) is 0 Å². The molecule has 0 unspecified atom stereocenters. The van der Waals surface area contributed by atoms with Crippen LogP contribution in [0, 0.1) is 5.82 Å². The molecule has 3 aromatic rings. The maximum Gasteiger partial charge on any atom is 0.289 e. The maximum atomic E-state index is 14.5. The molecule has 0 N–H and O–H groups in total. The molecule has 2 heterocycles. The molecule has 4 rings (SSSR count). The molecule has 1 fully saturated rings. The van der Waals surface area contributed by atoms with Crippen LogP contribution in [-0.2, 0) is 6.61 Å². The molecule has 8 heteroatoms. The van der Waals surface area contributed by atoms with Gasteiger partial charge in [-0.05, 0) is 49.4 Å². The third-order valence-electron chi connectivity index (χ3n) is 5.57. The SMILES string of the molecule is COc1ccccc1OCc1ccc(C(=O)N2CCN(c3ccc(C(C)=O)cc3F)CC2)o1. The molecule has 1 amide bonds. The zero-order valence-electron chi connectivity index (χ0n) is 18.5. The molecule has 0 radical (unpaired) electrons. The van der Waals surface area contributed by atoms with Crippen molar-refractivity contribution in [3.63, 3.8) is 0 Å². The van der Waals surface area contributed by atoms with Crippen LogP contribution in [0.5, 0.6) is 11.5 Å². The van der Waals surface area contributed by atoms with Crippen molar-refractivity contribution in [3.05, 3.63) is 77.5 Å². The smallest absolute Gasteiger partial charge is 0.289 e. The highest BCUT2D eigenvalue weighted by atomic mass is 19.1. The van der Waals surface area contributed by atoms with E-state index in [9.17, 15) is 14.0 Å². The molecule has 1 saturated heterocycles. The molecule has 1 aliphatic rings. The van der Waals surface area contributed by atoms with E-state index in [1.165, 1.54) is 13.0 Å². The first kappa shape index (κ1) is 22.4. The van der Waals surface area contributed by atoms with E-state index in [0.717, 1.165) is 0 Å². The number of methoxy groups -OCH3 is 1. The van der Waals surface area contributed by atoms with Crippen LogP contribution in [0.2, 0.25) is 0 Å². The maximum absolute atomic E-state index is 14.5. The van der Waals surface area contributed by atoms with Gasteiger partial charge < -0.3 is 23.7 Å². The van der Waals surface area contributed by atoms with Gasteiger partial charge in [-0.1, -0.05) is 12.1 Å². The molecular formula is C25H25FN2O5. The largest absolute Gasteiger partial charge is 0.493 e. The van der Waals surface area contributed by atoms with E-state index >= 15 is 0 Å². The lowest BCUT2D eigenvalue weighted by Crippen LogP contribution is -2.49. The lowest BCUT2D eigenvalue weighted by atomic mass is 10.1. The average Bonchev–Trinajstić information content (AvgIpc) is 3.31. The number of hydrogen-bond donors (Lipinski definition) is 0. The summed E-state index contributed by atoms with van der Waals surface area (Å²) in [5.74, 6) is 1.13. The molecule has 33 heavy (non-hydrogen) atoms. The second-order valence-electron chi connectivity index (χ2n) is 7.71. The monoisotopic (exact) mass is 452 g/mol. The number of para-hydroxylation sites is 2. The Morgan fingerprint density at radius 3 is 2.39 bits per heavy atom. The molecule has 0 bridgehead atoms. The standard InChI is InChI=1S/C25H25FN2O5/c1-17(29)18-7-9-21(20(26)15-18)27-11-13-28(14-12-27)25(30)24-10-8-19(33-24)16-32-23-6-4-3-5-22(23)31-2/h3-10,15H,11-14,16H2,1-2H3. The fraction of sp³-hybridized carbons (Fsp3) is 0.280. The molecule has 0 spiro atoms. The van der Waals surface area contributed by atoms with Crippen LogP contribution in [0.15, 0.2) is 59.0 Å². The highest BCUT2D eigenvalue weighted by Crippen LogP contribution is 2.27. The Morgan fingerprint density at radius 2 is 1.73 bits per heavy atom. The van der Waals surface area contributed by atoms with E-state index in [4.69, 9.17) is 13.9 Å². The number of ether oxygens (including phenoxy) is 2. The van der Waals surface area contributed by atoms with E-state index in [2.05, 4.69) is 0 Å². The Hall–Kier alpha value is -3.81. The van der Waals surface area contributed by atoms with E-state index in [1.807, 2.05) is 17.0 Å². The number of anilines is 1. The Kier molecular flexibility index (Phi) is 6.63. The van der Waals surface area contributed by atoms with Crippen LogP contribution in [0.3, 0.4) is 0 Å². The minimum Gasteiger partial charge on any atom is -0.493 e. The number of ketones is 1. The lowest BCUT2D eigenvalue weighted by molar-refractivity contribution is 0.0710. The van der Waals surface area contributed by atoms with Gasteiger partial charge in [0.15, 0.2) is 23.0 Å². The summed E-state index contributed by atoms with van der Waals surface area (Å²) in [4.78, 5) is 27.8. The lowest BCUT2D eigenvalue weighted by Gasteiger charge is -2.35. The van der Waals surface area contributed by atoms with Crippen molar-refractivity contribution >= 4 is 17.4 Å². The third kappa shape index (κ3) is 5.00. The van der Waals surface area contributed by atoms with Crippen LogP contribution in [0.4, 0.5) is 10.1 Å². The van der Waals surface area contributed by atoms with E-state index in [-0.39, 0.29) is 24.1 Å². The molecule has 2 aromatic carbocycles. The number of benzene rings is 2. The Labute approximate surface area is 191 Å². The minimum atomic E-state index is -0.437. The van der Waals surface area contributed by atoms with E-state index in [1.54, 1.807) is 48.4 Å². The number of halogens is 1. The fourth-order valence-electron chi connectivity index (χ4n) is 3.75. The van der Waals surface area contributed by atoms with Gasteiger partial charge in [-0.3, -0.25) is 9.59 Å². The number of amides is 1. The highest BCUT2D eigenvalue weighted by molar-refractivity contribution is 5.94. The van der Waals surface area contributed by atoms with Gasteiger partial charge in [0.1, 0.15) is 18.2 Å². The average molecular weight is 452 g/mol.